The normalized spacial score (nSPS) is 13.3. The first kappa shape index (κ1) is 32.5. The Morgan fingerprint density at radius 2 is 1.67 bits per heavy atom. The molecular formula is C30H42ClN3O4S. The number of benzene rings is 2. The van der Waals surface area contributed by atoms with Gasteiger partial charge in [0.15, 0.2) is 0 Å². The number of rotatable bonds is 11. The van der Waals surface area contributed by atoms with Crippen LogP contribution in [-0.4, -0.2) is 52.0 Å². The summed E-state index contributed by atoms with van der Waals surface area (Å²) in [6.07, 6.45) is 2.21. The minimum Gasteiger partial charge on any atom is -0.444 e. The van der Waals surface area contributed by atoms with Crippen LogP contribution in [-0.2, 0) is 14.3 Å². The quantitative estimate of drug-likeness (QED) is 0.301. The number of alkyl carbamates (subject to hydrolysis) is 1. The first-order chi connectivity index (χ1) is 18.2. The zero-order chi connectivity index (χ0) is 29.4. The summed E-state index contributed by atoms with van der Waals surface area (Å²) in [7, 11) is 0. The second-order valence-corrected chi connectivity index (χ2v) is 12.5. The molecule has 2 aromatic rings. The van der Waals surface area contributed by atoms with Gasteiger partial charge in [-0.15, -0.1) is 0 Å². The van der Waals surface area contributed by atoms with Gasteiger partial charge in [-0.3, -0.25) is 9.59 Å². The highest BCUT2D eigenvalue weighted by molar-refractivity contribution is 7.98. The molecule has 0 aliphatic rings. The first-order valence-corrected chi connectivity index (χ1v) is 14.9. The van der Waals surface area contributed by atoms with Crippen LogP contribution < -0.4 is 10.6 Å². The Kier molecular flexibility index (Phi) is 11.7. The number of halogens is 1. The number of carbonyl (C=O) groups excluding carboxylic acids is 3. The van der Waals surface area contributed by atoms with Gasteiger partial charge in [0, 0.05) is 5.54 Å². The van der Waals surface area contributed by atoms with Crippen molar-refractivity contribution < 1.29 is 19.1 Å². The average molecular weight is 576 g/mol. The van der Waals surface area contributed by atoms with E-state index < -0.39 is 35.2 Å². The molecule has 0 aromatic heterocycles. The van der Waals surface area contributed by atoms with Gasteiger partial charge in [0.25, 0.3) is 5.91 Å². The SMILES string of the molecule is CCC(C)(C)N(C(=O)C(CCSC)NC(=O)OC(C)(C)C)C(C(=O)Nc1c(C)cccc1Cl)c1ccccc1. The van der Waals surface area contributed by atoms with Gasteiger partial charge in [-0.2, -0.15) is 11.8 Å². The summed E-state index contributed by atoms with van der Waals surface area (Å²) in [4.78, 5) is 42.9. The molecular weight excluding hydrogens is 534 g/mol. The average Bonchev–Trinajstić information content (AvgIpc) is 2.86. The van der Waals surface area contributed by atoms with Gasteiger partial charge in [-0.1, -0.05) is 61.0 Å². The summed E-state index contributed by atoms with van der Waals surface area (Å²) in [6.45, 7) is 13.0. The Morgan fingerprint density at radius 1 is 1.03 bits per heavy atom. The van der Waals surface area contributed by atoms with Crippen LogP contribution >= 0.6 is 23.4 Å². The number of anilines is 1. The maximum atomic E-state index is 14.4. The smallest absolute Gasteiger partial charge is 0.408 e. The Hall–Kier alpha value is -2.71. The van der Waals surface area contributed by atoms with Gasteiger partial charge >= 0.3 is 6.09 Å². The van der Waals surface area contributed by atoms with Crippen LogP contribution in [0.15, 0.2) is 48.5 Å². The molecule has 0 aliphatic carbocycles. The van der Waals surface area contributed by atoms with Gasteiger partial charge in [-0.05, 0) is 83.6 Å². The monoisotopic (exact) mass is 575 g/mol. The van der Waals surface area contributed by atoms with Gasteiger partial charge in [0.05, 0.1) is 10.7 Å². The number of ether oxygens (including phenoxy) is 1. The molecule has 0 radical (unpaired) electrons. The van der Waals surface area contributed by atoms with E-state index >= 15 is 0 Å². The Morgan fingerprint density at radius 3 is 2.21 bits per heavy atom. The summed E-state index contributed by atoms with van der Waals surface area (Å²) in [5.41, 5.74) is 0.490. The predicted octanol–water partition coefficient (Wildman–Crippen LogP) is 6.99. The van der Waals surface area contributed by atoms with Gasteiger partial charge in [0.1, 0.15) is 17.7 Å². The molecule has 2 aromatic carbocycles. The molecule has 2 N–H and O–H groups in total. The van der Waals surface area contributed by atoms with Crippen LogP contribution in [0, 0.1) is 6.92 Å². The van der Waals surface area contributed by atoms with Gasteiger partial charge < -0.3 is 20.3 Å². The molecule has 9 heteroatoms. The van der Waals surface area contributed by atoms with Crippen molar-refractivity contribution in [3.8, 4) is 0 Å². The fourth-order valence-corrected chi connectivity index (χ4v) is 4.83. The number of nitrogens with zero attached hydrogens (tertiary/aromatic N) is 1. The molecule has 0 saturated carbocycles. The van der Waals surface area contributed by atoms with Crippen LogP contribution in [0.5, 0.6) is 0 Å². The zero-order valence-corrected chi connectivity index (χ0v) is 25.8. The first-order valence-electron chi connectivity index (χ1n) is 13.1. The van der Waals surface area contributed by atoms with Crippen LogP contribution in [0.4, 0.5) is 10.5 Å². The molecule has 0 heterocycles. The minimum absolute atomic E-state index is 0.360. The summed E-state index contributed by atoms with van der Waals surface area (Å²) in [6, 6.07) is 12.7. The molecule has 0 saturated heterocycles. The number of hydrogen-bond donors (Lipinski definition) is 2. The molecule has 7 nitrogen and oxygen atoms in total. The van der Waals surface area contributed by atoms with E-state index in [1.165, 1.54) is 0 Å². The third-order valence-corrected chi connectivity index (χ3v) is 7.41. The van der Waals surface area contributed by atoms with Crippen molar-refractivity contribution in [3.05, 3.63) is 64.7 Å². The predicted molar refractivity (Wildman–Crippen MR) is 161 cm³/mol. The zero-order valence-electron chi connectivity index (χ0n) is 24.3. The van der Waals surface area contributed by atoms with Gasteiger partial charge in [-0.25, -0.2) is 4.79 Å². The summed E-state index contributed by atoms with van der Waals surface area (Å²) in [5.74, 6) is -0.122. The topological polar surface area (TPSA) is 87.7 Å². The number of nitrogens with one attached hydrogen (secondary N) is 2. The highest BCUT2D eigenvalue weighted by Gasteiger charge is 2.43. The summed E-state index contributed by atoms with van der Waals surface area (Å²) in [5, 5.41) is 6.17. The number of thioether (sulfide) groups is 1. The molecule has 214 valence electrons. The second-order valence-electron chi connectivity index (χ2n) is 11.1. The van der Waals surface area contributed by atoms with Crippen molar-refractivity contribution in [1.82, 2.24) is 10.2 Å². The Balaban J connectivity index is 2.61. The van der Waals surface area contributed by atoms with E-state index in [9.17, 15) is 14.4 Å². The third kappa shape index (κ3) is 9.17. The van der Waals surface area contributed by atoms with E-state index in [1.54, 1.807) is 43.5 Å². The maximum absolute atomic E-state index is 14.4. The van der Waals surface area contributed by atoms with Crippen molar-refractivity contribution in [2.75, 3.05) is 17.3 Å². The number of amides is 3. The lowest BCUT2D eigenvalue weighted by atomic mass is 9.91. The lowest BCUT2D eigenvalue weighted by molar-refractivity contribution is -0.147. The molecule has 2 unspecified atom stereocenters. The Labute approximate surface area is 242 Å². The van der Waals surface area contributed by atoms with Gasteiger partial charge in [0.2, 0.25) is 5.91 Å². The van der Waals surface area contributed by atoms with Crippen molar-refractivity contribution in [3.63, 3.8) is 0 Å². The molecule has 0 spiro atoms. The summed E-state index contributed by atoms with van der Waals surface area (Å²) < 4.78 is 5.47. The molecule has 2 rings (SSSR count). The molecule has 39 heavy (non-hydrogen) atoms. The number of para-hydroxylation sites is 1. The molecule has 0 fully saturated rings. The second kappa shape index (κ2) is 14.1. The fourth-order valence-electron chi connectivity index (χ4n) is 4.09. The fraction of sp³-hybridized carbons (Fsp3) is 0.500. The minimum atomic E-state index is -0.985. The highest BCUT2D eigenvalue weighted by Crippen LogP contribution is 2.34. The number of aryl methyl sites for hydroxylation is 1. The standard InChI is InChI=1S/C30H42ClN3O4S/c1-9-30(6,7)34(27(36)23(18-19-39-8)32-28(37)38-29(3,4)5)25(21-15-11-10-12-16-21)26(35)33-24-20(2)14-13-17-22(24)31/h10-17,23,25H,9,18-19H2,1-8H3,(H,32,37)(H,33,35). The van der Waals surface area contributed by atoms with Crippen molar-refractivity contribution >= 4 is 47.0 Å². The van der Waals surface area contributed by atoms with E-state index in [1.807, 2.05) is 76.4 Å². The van der Waals surface area contributed by atoms with E-state index in [-0.39, 0.29) is 5.91 Å². The van der Waals surface area contributed by atoms with E-state index in [0.29, 0.717) is 34.9 Å². The van der Waals surface area contributed by atoms with Crippen molar-refractivity contribution in [2.45, 2.75) is 84.5 Å². The molecule has 0 aliphatic heterocycles. The van der Waals surface area contributed by atoms with E-state index in [4.69, 9.17) is 16.3 Å². The molecule has 3 amide bonds. The Bertz CT molecular complexity index is 1110. The number of carbonyl (C=O) groups is 3. The van der Waals surface area contributed by atoms with Crippen molar-refractivity contribution in [1.29, 1.82) is 0 Å². The van der Waals surface area contributed by atoms with Crippen LogP contribution in [0.3, 0.4) is 0 Å². The van der Waals surface area contributed by atoms with Crippen LogP contribution in [0.1, 0.15) is 71.6 Å². The lowest BCUT2D eigenvalue weighted by Crippen LogP contribution is -2.59. The van der Waals surface area contributed by atoms with Crippen molar-refractivity contribution in [2.24, 2.45) is 0 Å². The lowest BCUT2D eigenvalue weighted by Gasteiger charge is -2.44. The largest absolute Gasteiger partial charge is 0.444 e. The van der Waals surface area contributed by atoms with Crippen LogP contribution in [0.2, 0.25) is 5.02 Å². The molecule has 0 bridgehead atoms. The summed E-state index contributed by atoms with van der Waals surface area (Å²) >= 11 is 8.01. The van der Waals surface area contributed by atoms with E-state index in [2.05, 4.69) is 10.6 Å². The molecule has 2 atom stereocenters. The van der Waals surface area contributed by atoms with E-state index in [0.717, 1.165) is 5.56 Å². The third-order valence-electron chi connectivity index (χ3n) is 6.45. The number of hydrogen-bond acceptors (Lipinski definition) is 5. The highest BCUT2D eigenvalue weighted by atomic mass is 35.5. The maximum Gasteiger partial charge on any atom is 0.408 e. The van der Waals surface area contributed by atoms with Crippen LogP contribution in [0.25, 0.3) is 0 Å².